The molecule has 74 heavy (non-hydrogen) atoms. The predicted molar refractivity (Wildman–Crippen MR) is 282 cm³/mol. The summed E-state index contributed by atoms with van der Waals surface area (Å²) in [6.07, 6.45) is 3.36. The molecule has 24 heteroatoms. The van der Waals surface area contributed by atoms with Crippen molar-refractivity contribution in [2.75, 3.05) is 42.6 Å². The summed E-state index contributed by atoms with van der Waals surface area (Å²) in [4.78, 5) is 64.3. The molecule has 16 nitrogen and oxygen atoms in total. The fourth-order valence-corrected chi connectivity index (χ4v) is 10.2. The summed E-state index contributed by atoms with van der Waals surface area (Å²) in [5, 5.41) is 10.4. The number of fused-ring (bicyclic) bond motifs is 6. The van der Waals surface area contributed by atoms with Crippen molar-refractivity contribution in [3.05, 3.63) is 137 Å². The molecule has 2 aliphatic heterocycles. The van der Waals surface area contributed by atoms with Gasteiger partial charge in [0.2, 0.25) is 11.9 Å². The maximum atomic E-state index is 15.6. The fraction of sp³-hybridized carbons (Fsp3) is 0.320. The Morgan fingerprint density at radius 3 is 1.49 bits per heavy atom. The molecule has 6 heterocycles. The Balaban J connectivity index is 0.000000211. The number of nitrogens with two attached hydrogens (primary N) is 2. The first kappa shape index (κ1) is 55.3. The van der Waals surface area contributed by atoms with Gasteiger partial charge in [-0.15, -0.1) is 24.8 Å². The van der Waals surface area contributed by atoms with Crippen LogP contribution in [0.1, 0.15) is 64.4 Å². The molecule has 10 rings (SSSR count). The zero-order valence-electron chi connectivity index (χ0n) is 40.0. The highest BCUT2D eigenvalue weighted by molar-refractivity contribution is 6.31. The number of carbonyl (C=O) groups excluding carboxylic acids is 1. The number of carbonyl (C=O) groups is 2. The molecule has 4 aromatic heterocycles. The number of aryl methyl sites for hydroxylation is 2. The number of hydrogen-bond donors (Lipinski definition) is 3. The van der Waals surface area contributed by atoms with Gasteiger partial charge in [0.25, 0.3) is 11.1 Å². The number of imidazole rings is 2. The molecule has 2 atom stereocenters. The third kappa shape index (κ3) is 9.86. The smallest absolute Gasteiger partial charge is 0.344 e. The molecule has 2 fully saturated rings. The highest BCUT2D eigenvalue weighted by Gasteiger charge is 2.32. The van der Waals surface area contributed by atoms with Crippen molar-refractivity contribution in [2.24, 2.45) is 25.6 Å². The molecule has 392 valence electrons. The van der Waals surface area contributed by atoms with Crippen LogP contribution in [-0.4, -0.2) is 90.2 Å². The zero-order chi connectivity index (χ0) is 51.4. The van der Waals surface area contributed by atoms with Crippen LogP contribution in [0.5, 0.6) is 0 Å². The number of nitrogens with zero attached hydrogens (tertiary/aromatic N) is 8. The number of rotatable bonds is 9. The van der Waals surface area contributed by atoms with Gasteiger partial charge in [-0.1, -0.05) is 59.6 Å². The summed E-state index contributed by atoms with van der Waals surface area (Å²) in [5.41, 5.74) is 10.8. The molecule has 0 unspecified atom stereocenters. The van der Waals surface area contributed by atoms with E-state index in [2.05, 4.69) is 4.98 Å². The van der Waals surface area contributed by atoms with Gasteiger partial charge in [-0.25, -0.2) is 37.1 Å². The van der Waals surface area contributed by atoms with E-state index in [1.165, 1.54) is 21.0 Å². The number of carboxylic acid groups (broad SMARTS) is 1. The summed E-state index contributed by atoms with van der Waals surface area (Å²) in [7, 11) is 2.70. The molecule has 4 aromatic carbocycles. The highest BCUT2D eigenvalue weighted by atomic mass is 35.5. The lowest BCUT2D eigenvalue weighted by atomic mass is 10.1. The molecular weight excluding hydrogens is 1050 g/mol. The van der Waals surface area contributed by atoms with Crippen molar-refractivity contribution in [1.82, 2.24) is 28.2 Å². The zero-order valence-corrected chi connectivity index (χ0v) is 43.2. The largest absolute Gasteiger partial charge is 0.477 e. The van der Waals surface area contributed by atoms with E-state index < -0.39 is 57.5 Å². The summed E-state index contributed by atoms with van der Waals surface area (Å²) < 4.78 is 71.0. The summed E-state index contributed by atoms with van der Waals surface area (Å²) >= 11 is 12.8. The molecule has 0 bridgehead atoms. The normalized spacial score (nSPS) is 15.8. The number of halogens is 8. The van der Waals surface area contributed by atoms with Crippen LogP contribution in [0.25, 0.3) is 43.9 Å². The average Bonchev–Trinajstić information content (AvgIpc) is 3.91. The van der Waals surface area contributed by atoms with E-state index in [9.17, 15) is 28.7 Å². The molecule has 0 saturated carbocycles. The minimum Gasteiger partial charge on any atom is -0.477 e. The third-order valence-electron chi connectivity index (χ3n) is 13.2. The molecule has 2 saturated heterocycles. The number of aromatic nitrogens is 6. The van der Waals surface area contributed by atoms with Crippen LogP contribution in [0, 0.1) is 23.3 Å². The lowest BCUT2D eigenvalue weighted by Crippen LogP contribution is -2.44. The van der Waals surface area contributed by atoms with Crippen molar-refractivity contribution < 1.29 is 37.0 Å². The van der Waals surface area contributed by atoms with Gasteiger partial charge in [-0.2, -0.15) is 0 Å². The van der Waals surface area contributed by atoms with Crippen LogP contribution in [0.4, 0.5) is 29.5 Å². The van der Waals surface area contributed by atoms with Crippen molar-refractivity contribution >= 4 is 116 Å². The van der Waals surface area contributed by atoms with Crippen molar-refractivity contribution in [3.63, 3.8) is 0 Å². The fourth-order valence-electron chi connectivity index (χ4n) is 9.79. The second-order valence-corrected chi connectivity index (χ2v) is 18.7. The van der Waals surface area contributed by atoms with Crippen LogP contribution < -0.4 is 32.4 Å². The van der Waals surface area contributed by atoms with E-state index in [1.807, 2.05) is 40.1 Å². The number of carboxylic acids is 1. The van der Waals surface area contributed by atoms with E-state index in [4.69, 9.17) is 44.4 Å². The molecular formula is C50H50Cl4F4N10O6. The maximum Gasteiger partial charge on any atom is 0.344 e. The predicted octanol–water partition coefficient (Wildman–Crippen LogP) is 8.31. The quantitative estimate of drug-likeness (QED) is 0.0924. The second-order valence-electron chi connectivity index (χ2n) is 17.9. The van der Waals surface area contributed by atoms with Gasteiger partial charge in [-0.05, 0) is 68.0 Å². The Bertz CT molecular complexity index is 3640. The molecule has 2 aliphatic rings. The monoisotopic (exact) mass is 1100 g/mol. The number of pyridine rings is 2. The van der Waals surface area contributed by atoms with Gasteiger partial charge in [-0.3, -0.25) is 9.59 Å². The number of esters is 1. The Morgan fingerprint density at radius 2 is 1.09 bits per heavy atom. The van der Waals surface area contributed by atoms with Crippen LogP contribution in [0.2, 0.25) is 10.0 Å². The molecule has 0 aliphatic carbocycles. The van der Waals surface area contributed by atoms with Gasteiger partial charge in [0, 0.05) is 73.2 Å². The molecule has 8 aromatic rings. The number of piperidine rings is 2. The van der Waals surface area contributed by atoms with E-state index in [0.717, 1.165) is 58.1 Å². The first-order valence-electron chi connectivity index (χ1n) is 23.1. The van der Waals surface area contributed by atoms with E-state index >= 15 is 13.2 Å². The minimum atomic E-state index is -1.76. The number of ether oxygens (including phenoxy) is 1. The van der Waals surface area contributed by atoms with Gasteiger partial charge >= 0.3 is 11.9 Å². The molecule has 5 N–H and O–H groups in total. The number of hydrogen-bond acceptors (Lipinski definition) is 11. The number of aromatic carboxylic acids is 1. The van der Waals surface area contributed by atoms with Crippen molar-refractivity contribution in [2.45, 2.75) is 57.8 Å². The van der Waals surface area contributed by atoms with Crippen molar-refractivity contribution in [1.29, 1.82) is 0 Å². The highest BCUT2D eigenvalue weighted by Crippen LogP contribution is 2.35. The van der Waals surface area contributed by atoms with Crippen molar-refractivity contribution in [3.8, 4) is 0 Å². The molecule has 0 amide bonds. The number of benzene rings is 4. The Labute approximate surface area is 441 Å². The Kier molecular flexibility index (Phi) is 16.6. The first-order chi connectivity index (χ1) is 34.4. The van der Waals surface area contributed by atoms with Crippen LogP contribution >= 0.6 is 48.0 Å². The van der Waals surface area contributed by atoms with Gasteiger partial charge in [0.15, 0.2) is 11.6 Å². The van der Waals surface area contributed by atoms with E-state index in [1.54, 1.807) is 27.3 Å². The van der Waals surface area contributed by atoms with Gasteiger partial charge in [0.1, 0.15) is 44.8 Å². The lowest BCUT2D eigenvalue weighted by Gasteiger charge is -2.32. The second kappa shape index (κ2) is 22.2. The third-order valence-corrected chi connectivity index (χ3v) is 14.0. The summed E-state index contributed by atoms with van der Waals surface area (Å²) in [6.45, 7) is 4.20. The minimum absolute atomic E-state index is 0. The average molecular weight is 1100 g/mol. The molecule has 0 radical (unpaired) electrons. The maximum absolute atomic E-state index is 15.6. The van der Waals surface area contributed by atoms with Crippen LogP contribution in [-0.2, 0) is 31.9 Å². The van der Waals surface area contributed by atoms with Crippen LogP contribution in [0.15, 0.2) is 70.3 Å². The van der Waals surface area contributed by atoms with Gasteiger partial charge < -0.3 is 49.4 Å². The molecule has 0 spiro atoms. The number of anilines is 2. The van der Waals surface area contributed by atoms with E-state index in [-0.39, 0.29) is 100 Å². The van der Waals surface area contributed by atoms with Gasteiger partial charge in [0.05, 0.1) is 30.7 Å². The van der Waals surface area contributed by atoms with Crippen LogP contribution in [0.3, 0.4) is 0 Å². The SMILES string of the molecule is CCOC(=O)c1c(F)cc2c3nc(N4CCC[C@@H](N)C4)n(Cc4ccccc4Cl)c3c(=O)n(C)c2c1F.Cl.Cl.Cn1c(=O)c2c(nc(N3CCC[C@@H](N)C3)n2Cc2ccccc2Cl)c2cc(F)c(C(=O)O)c(F)c21. The summed E-state index contributed by atoms with van der Waals surface area (Å²) in [5.74, 6) is -6.84. The Morgan fingerprint density at radius 1 is 0.689 bits per heavy atom. The topological polar surface area (TPSA) is 202 Å². The standard InChI is InChI=1S/C26H26ClF2N5O3.C24H22ClF2N5O3.2ClH/c1-3-37-25(36)19-18(28)11-16-21-23(24(35)32(2)22(16)20(19)29)34(12-14-7-4-5-9-17(14)27)26(31-21)33-10-6-8-15(30)13-33;1-30-20-14(9-16(26)17(18(20)27)23(34)35)19-21(22(30)33)32(10-12-5-2-3-7-15(12)25)24(29-19)31-8-4-6-13(28)11-31;;/h4-5,7,9,11,15H,3,6,8,10,12-13,30H2,1-2H3;2-3,5,7,9,13H,4,6,8,10-11,28H2,1H3,(H,34,35);2*1H/t15-;13-;;/m11../s1. The Hall–Kier alpha value is -6.42. The first-order valence-corrected chi connectivity index (χ1v) is 23.9. The van der Waals surface area contributed by atoms with E-state index in [0.29, 0.717) is 48.1 Å². The lowest BCUT2D eigenvalue weighted by molar-refractivity contribution is 0.0515. The summed E-state index contributed by atoms with van der Waals surface area (Å²) in [6, 6.07) is 16.2.